The van der Waals surface area contributed by atoms with Crippen molar-refractivity contribution in [1.29, 1.82) is 0 Å². The van der Waals surface area contributed by atoms with Crippen LogP contribution in [0.25, 0.3) is 0 Å². The number of esters is 1. The minimum absolute atomic E-state index is 0.158. The Bertz CT molecular complexity index is 527. The Balaban J connectivity index is 2.65. The van der Waals surface area contributed by atoms with Crippen LogP contribution in [-0.4, -0.2) is 25.5 Å². The molecule has 1 aromatic carbocycles. The van der Waals surface area contributed by atoms with Gasteiger partial charge in [-0.25, -0.2) is 0 Å². The zero-order valence-electron chi connectivity index (χ0n) is 10.4. The van der Waals surface area contributed by atoms with E-state index in [0.717, 1.165) is 12.8 Å². The third-order valence-corrected chi connectivity index (χ3v) is 3.33. The molecule has 1 rings (SSSR count). The third kappa shape index (κ3) is 5.37. The smallest absolute Gasteiger partial charge is 0.311 e. The van der Waals surface area contributed by atoms with Gasteiger partial charge in [0.2, 0.25) is 0 Å². The van der Waals surface area contributed by atoms with E-state index in [9.17, 15) is 13.2 Å². The molecule has 0 heterocycles. The summed E-state index contributed by atoms with van der Waals surface area (Å²) < 4.78 is 36.1. The maximum Gasteiger partial charge on any atom is 0.311 e. The highest BCUT2D eigenvalue weighted by molar-refractivity contribution is 7.86. The molecule has 3 N–H and O–H groups in total. The van der Waals surface area contributed by atoms with Gasteiger partial charge in [0.1, 0.15) is 4.90 Å². The normalized spacial score (nSPS) is 11.3. The first kappa shape index (κ1) is 15.6. The quantitative estimate of drug-likeness (QED) is 0.339. The van der Waals surface area contributed by atoms with E-state index in [2.05, 4.69) is 0 Å². The molecular formula is C12H17NO5S. The number of carbonyl (C=O) groups excluding carboxylic acids is 1. The molecule has 0 amide bonds. The van der Waals surface area contributed by atoms with Crippen molar-refractivity contribution in [3.8, 4) is 5.75 Å². The fraction of sp³-hybridized carbons (Fsp3) is 0.417. The predicted octanol–water partition coefficient (Wildman–Crippen LogP) is 1.36. The summed E-state index contributed by atoms with van der Waals surface area (Å²) in [5.74, 6) is -0.693. The van der Waals surface area contributed by atoms with Crippen LogP contribution in [0, 0.1) is 0 Å². The lowest BCUT2D eigenvalue weighted by atomic mass is 10.2. The lowest BCUT2D eigenvalue weighted by Crippen LogP contribution is -2.11. The lowest BCUT2D eigenvalue weighted by molar-refractivity contribution is -0.134. The second-order valence-electron chi connectivity index (χ2n) is 4.00. The van der Waals surface area contributed by atoms with Gasteiger partial charge < -0.3 is 10.5 Å². The molecule has 0 aliphatic carbocycles. The minimum atomic E-state index is -4.40. The van der Waals surface area contributed by atoms with E-state index in [1.807, 2.05) is 0 Å². The summed E-state index contributed by atoms with van der Waals surface area (Å²) in [4.78, 5) is 11.1. The van der Waals surface area contributed by atoms with Gasteiger partial charge >= 0.3 is 5.97 Å². The number of benzene rings is 1. The maximum absolute atomic E-state index is 11.5. The van der Waals surface area contributed by atoms with E-state index >= 15 is 0 Å². The largest absolute Gasteiger partial charge is 0.425 e. The van der Waals surface area contributed by atoms with E-state index in [0.29, 0.717) is 13.0 Å². The van der Waals surface area contributed by atoms with Crippen LogP contribution in [0.15, 0.2) is 29.2 Å². The number of ether oxygens (including phenoxy) is 1. The van der Waals surface area contributed by atoms with Crippen LogP contribution in [0.1, 0.15) is 25.7 Å². The first-order chi connectivity index (χ1) is 8.95. The maximum atomic E-state index is 11.5. The Morgan fingerprint density at radius 3 is 2.53 bits per heavy atom. The molecule has 0 saturated carbocycles. The Labute approximate surface area is 112 Å². The van der Waals surface area contributed by atoms with Gasteiger partial charge in [-0.05, 0) is 31.5 Å². The highest BCUT2D eigenvalue weighted by atomic mass is 32.2. The van der Waals surface area contributed by atoms with E-state index in [1.54, 1.807) is 0 Å². The standard InChI is InChI=1S/C12H17NO5S/c13-9-5-1-2-8-12(14)18-10-6-3-4-7-11(10)19(15,16)17/h3-4,6-7H,1-2,5,8-9,13H2,(H,15,16,17). The molecule has 0 aliphatic rings. The van der Waals surface area contributed by atoms with Crippen LogP contribution in [-0.2, 0) is 14.9 Å². The van der Waals surface area contributed by atoms with Crippen molar-refractivity contribution < 1.29 is 22.5 Å². The predicted molar refractivity (Wildman–Crippen MR) is 69.4 cm³/mol. The van der Waals surface area contributed by atoms with Crippen molar-refractivity contribution in [3.05, 3.63) is 24.3 Å². The number of para-hydroxylation sites is 1. The summed E-state index contributed by atoms with van der Waals surface area (Å²) in [6, 6.07) is 5.45. The average molecular weight is 287 g/mol. The molecule has 0 atom stereocenters. The van der Waals surface area contributed by atoms with E-state index in [4.69, 9.17) is 15.0 Å². The highest BCUT2D eigenvalue weighted by Crippen LogP contribution is 2.23. The molecular weight excluding hydrogens is 270 g/mol. The first-order valence-corrected chi connectivity index (χ1v) is 7.36. The molecule has 0 aromatic heterocycles. The molecule has 0 aliphatic heterocycles. The van der Waals surface area contributed by atoms with Gasteiger partial charge in [0.15, 0.2) is 5.75 Å². The van der Waals surface area contributed by atoms with Crippen LogP contribution < -0.4 is 10.5 Å². The van der Waals surface area contributed by atoms with Crippen LogP contribution in [0.4, 0.5) is 0 Å². The summed E-state index contributed by atoms with van der Waals surface area (Å²) in [7, 11) is -4.40. The van der Waals surface area contributed by atoms with Crippen LogP contribution in [0.2, 0.25) is 0 Å². The molecule has 106 valence electrons. The van der Waals surface area contributed by atoms with Crippen LogP contribution >= 0.6 is 0 Å². The van der Waals surface area contributed by atoms with Crippen molar-refractivity contribution >= 4 is 16.1 Å². The van der Waals surface area contributed by atoms with E-state index in [1.165, 1.54) is 24.3 Å². The summed E-state index contributed by atoms with van der Waals surface area (Å²) >= 11 is 0. The summed E-state index contributed by atoms with van der Waals surface area (Å²) in [6.07, 6.45) is 2.45. The van der Waals surface area contributed by atoms with Gasteiger partial charge in [-0.2, -0.15) is 8.42 Å². The van der Waals surface area contributed by atoms with Crippen LogP contribution in [0.3, 0.4) is 0 Å². The second-order valence-corrected chi connectivity index (χ2v) is 5.39. The molecule has 0 fully saturated rings. The topological polar surface area (TPSA) is 107 Å². The van der Waals surface area contributed by atoms with E-state index < -0.39 is 21.0 Å². The number of unbranched alkanes of at least 4 members (excludes halogenated alkanes) is 2. The number of rotatable bonds is 7. The molecule has 6 nitrogen and oxygen atoms in total. The summed E-state index contributed by atoms with van der Waals surface area (Å²) in [6.45, 7) is 0.570. The fourth-order valence-corrected chi connectivity index (χ4v) is 2.13. The van der Waals surface area contributed by atoms with E-state index in [-0.39, 0.29) is 12.2 Å². The molecule has 0 bridgehead atoms. The van der Waals surface area contributed by atoms with Gasteiger partial charge in [-0.15, -0.1) is 0 Å². The fourth-order valence-electron chi connectivity index (χ4n) is 1.51. The minimum Gasteiger partial charge on any atom is -0.425 e. The first-order valence-electron chi connectivity index (χ1n) is 5.92. The number of hydrogen-bond acceptors (Lipinski definition) is 5. The van der Waals surface area contributed by atoms with Gasteiger partial charge in [-0.3, -0.25) is 9.35 Å². The van der Waals surface area contributed by atoms with Crippen molar-refractivity contribution in [3.63, 3.8) is 0 Å². The Morgan fingerprint density at radius 2 is 1.89 bits per heavy atom. The van der Waals surface area contributed by atoms with Crippen LogP contribution in [0.5, 0.6) is 5.75 Å². The third-order valence-electron chi connectivity index (χ3n) is 2.44. The number of carbonyl (C=O) groups is 1. The second kappa shape index (κ2) is 7.22. The van der Waals surface area contributed by atoms with Crippen molar-refractivity contribution in [2.24, 2.45) is 5.73 Å². The Morgan fingerprint density at radius 1 is 1.21 bits per heavy atom. The SMILES string of the molecule is NCCCCCC(=O)Oc1ccccc1S(=O)(=O)O. The van der Waals surface area contributed by atoms with Gasteiger partial charge in [0.25, 0.3) is 10.1 Å². The van der Waals surface area contributed by atoms with Gasteiger partial charge in [0.05, 0.1) is 0 Å². The molecule has 7 heteroatoms. The highest BCUT2D eigenvalue weighted by Gasteiger charge is 2.17. The van der Waals surface area contributed by atoms with Gasteiger partial charge in [0, 0.05) is 6.42 Å². The molecule has 0 radical (unpaired) electrons. The lowest BCUT2D eigenvalue weighted by Gasteiger charge is -2.07. The monoisotopic (exact) mass is 287 g/mol. The number of hydrogen-bond donors (Lipinski definition) is 2. The number of nitrogens with two attached hydrogens (primary N) is 1. The molecule has 0 unspecified atom stereocenters. The Kier molecular flexibility index (Phi) is 5.94. The van der Waals surface area contributed by atoms with Crippen molar-refractivity contribution in [2.75, 3.05) is 6.54 Å². The zero-order valence-corrected chi connectivity index (χ0v) is 11.2. The average Bonchev–Trinajstić information content (AvgIpc) is 2.34. The molecule has 0 saturated heterocycles. The van der Waals surface area contributed by atoms with Gasteiger partial charge in [-0.1, -0.05) is 18.6 Å². The molecule has 0 spiro atoms. The molecule has 1 aromatic rings. The van der Waals surface area contributed by atoms with Crippen molar-refractivity contribution in [2.45, 2.75) is 30.6 Å². The summed E-state index contributed by atoms with van der Waals surface area (Å²) in [5.41, 5.74) is 5.33. The Hall–Kier alpha value is -1.44. The zero-order chi connectivity index (χ0) is 14.3. The summed E-state index contributed by atoms with van der Waals surface area (Å²) in [5, 5.41) is 0. The van der Waals surface area contributed by atoms with Crippen molar-refractivity contribution in [1.82, 2.24) is 0 Å². The molecule has 19 heavy (non-hydrogen) atoms.